The van der Waals surface area contributed by atoms with Crippen LogP contribution in [-0.2, 0) is 10.2 Å². The molecule has 5 heteroatoms. The molecule has 2 unspecified atom stereocenters. The third kappa shape index (κ3) is 2.60. The van der Waals surface area contributed by atoms with Crippen molar-refractivity contribution in [1.29, 1.82) is 0 Å². The molecule has 148 valence electrons. The number of hydrogen-bond donors (Lipinski definition) is 2. The van der Waals surface area contributed by atoms with E-state index in [4.69, 9.17) is 4.74 Å². The first-order valence-electron chi connectivity index (χ1n) is 10.1. The van der Waals surface area contributed by atoms with Gasteiger partial charge in [0, 0.05) is 42.4 Å². The third-order valence-electron chi connectivity index (χ3n) is 6.45. The molecule has 0 amide bonds. The fourth-order valence-electron chi connectivity index (χ4n) is 5.13. The fourth-order valence-corrected chi connectivity index (χ4v) is 5.13. The van der Waals surface area contributed by atoms with Crippen molar-refractivity contribution in [3.8, 4) is 5.75 Å². The lowest BCUT2D eigenvalue weighted by molar-refractivity contribution is -0.444. The molecule has 0 fully saturated rings. The molecule has 0 radical (unpaired) electrons. The van der Waals surface area contributed by atoms with E-state index in [1.807, 2.05) is 19.2 Å². The maximum absolute atomic E-state index is 11.9. The number of ether oxygens (including phenoxy) is 1. The van der Waals surface area contributed by atoms with Gasteiger partial charge in [-0.25, -0.2) is 0 Å². The number of nitrogens with one attached hydrogen (secondary N) is 1. The molecular weight excluding hydrogens is 364 g/mol. The Labute approximate surface area is 170 Å². The molecule has 3 aliphatic heterocycles. The number of hydrogen-bond acceptors (Lipinski definition) is 3. The molecule has 0 saturated carbocycles. The Hall–Kier alpha value is -3.08. The van der Waals surface area contributed by atoms with Crippen LogP contribution in [0.2, 0.25) is 0 Å². The van der Waals surface area contributed by atoms with Gasteiger partial charge in [0.05, 0.1) is 17.4 Å². The number of fused-ring (bicyclic) bond motifs is 5. The minimum atomic E-state index is -0.784. The zero-order valence-corrected chi connectivity index (χ0v) is 17.0. The fraction of sp³-hybridized carbons (Fsp3) is 0.333. The van der Waals surface area contributed by atoms with Gasteiger partial charge in [-0.2, -0.15) is 4.58 Å². The quantitative estimate of drug-likeness (QED) is 0.776. The summed E-state index contributed by atoms with van der Waals surface area (Å²) in [5.74, 6) is 0.0961. The molecule has 5 rings (SSSR count). The molecule has 2 aromatic carbocycles. The number of aryl methyl sites for hydroxylation is 1. The molecule has 5 nitrogen and oxygen atoms in total. The van der Waals surface area contributed by atoms with Crippen LogP contribution in [0.1, 0.15) is 36.5 Å². The average molecular weight is 389 g/mol. The van der Waals surface area contributed by atoms with Gasteiger partial charge in [-0.05, 0) is 38.1 Å². The summed E-state index contributed by atoms with van der Waals surface area (Å²) in [6.45, 7) is 4.95. The standard InChI is InChI=1S/C24H24N2O3/c1-14-4-7-19-18(10-14)24(2,13-22(27)28)23-17-11-15-5-6-16(25-3)12-21(15)29-20(17)8-9-26(19)23/h4-7,10-12,20H,8-9,13H2,1-3H3,(H,27,28)/p+1. The highest BCUT2D eigenvalue weighted by Crippen LogP contribution is 2.48. The van der Waals surface area contributed by atoms with Gasteiger partial charge in [0.15, 0.2) is 12.3 Å². The van der Waals surface area contributed by atoms with Crippen LogP contribution in [0.4, 0.5) is 11.4 Å². The minimum Gasteiger partial charge on any atom is -0.485 e. The molecule has 3 heterocycles. The van der Waals surface area contributed by atoms with Gasteiger partial charge in [-0.1, -0.05) is 11.6 Å². The lowest BCUT2D eigenvalue weighted by Crippen LogP contribution is -2.45. The van der Waals surface area contributed by atoms with E-state index in [1.54, 1.807) is 0 Å². The number of carbonyl (C=O) groups is 1. The summed E-state index contributed by atoms with van der Waals surface area (Å²) in [5.41, 5.74) is 7.05. The summed E-state index contributed by atoms with van der Waals surface area (Å²) in [6.07, 6.45) is 3.08. The van der Waals surface area contributed by atoms with E-state index >= 15 is 0 Å². The van der Waals surface area contributed by atoms with Crippen molar-refractivity contribution >= 4 is 29.1 Å². The van der Waals surface area contributed by atoms with E-state index in [-0.39, 0.29) is 12.5 Å². The number of benzene rings is 2. The van der Waals surface area contributed by atoms with Crippen LogP contribution in [0.25, 0.3) is 6.08 Å². The van der Waals surface area contributed by atoms with Gasteiger partial charge >= 0.3 is 5.97 Å². The molecule has 2 N–H and O–H groups in total. The number of carboxylic acid groups (broad SMARTS) is 1. The molecule has 0 saturated heterocycles. The zero-order valence-electron chi connectivity index (χ0n) is 17.0. The smallest absolute Gasteiger partial charge is 0.304 e. The summed E-state index contributed by atoms with van der Waals surface area (Å²) < 4.78 is 8.72. The normalized spacial score (nSPS) is 24.0. The van der Waals surface area contributed by atoms with E-state index in [9.17, 15) is 9.90 Å². The van der Waals surface area contributed by atoms with Crippen LogP contribution in [0, 0.1) is 6.92 Å². The lowest BCUT2D eigenvalue weighted by Gasteiger charge is -2.33. The van der Waals surface area contributed by atoms with E-state index < -0.39 is 11.4 Å². The zero-order chi connectivity index (χ0) is 20.3. The summed E-state index contributed by atoms with van der Waals surface area (Å²) >= 11 is 0. The number of nitrogens with zero attached hydrogens (tertiary/aromatic N) is 1. The monoisotopic (exact) mass is 389 g/mol. The van der Waals surface area contributed by atoms with Gasteiger partial charge < -0.3 is 15.2 Å². The third-order valence-corrected chi connectivity index (χ3v) is 6.45. The van der Waals surface area contributed by atoms with Gasteiger partial charge in [0.1, 0.15) is 11.9 Å². The number of rotatable bonds is 3. The Morgan fingerprint density at radius 3 is 2.90 bits per heavy atom. The summed E-state index contributed by atoms with van der Waals surface area (Å²) in [4.78, 5) is 11.9. The molecule has 0 bridgehead atoms. The molecular formula is C24H25N2O3+. The predicted molar refractivity (Wildman–Crippen MR) is 114 cm³/mol. The van der Waals surface area contributed by atoms with Gasteiger partial charge in [-0.3, -0.25) is 4.79 Å². The molecule has 0 aromatic heterocycles. The SMILES string of the molecule is CNc1ccc2c(c1)OC1CC[N+]3=C(C1=C2)C(C)(CC(=O)O)c1cc(C)ccc13. The topological polar surface area (TPSA) is 61.6 Å². The highest BCUT2D eigenvalue weighted by molar-refractivity contribution is 6.12. The Morgan fingerprint density at radius 2 is 2.14 bits per heavy atom. The van der Waals surface area contributed by atoms with Crippen molar-refractivity contribution in [1.82, 2.24) is 0 Å². The van der Waals surface area contributed by atoms with Gasteiger partial charge in [0.2, 0.25) is 5.69 Å². The van der Waals surface area contributed by atoms with Crippen LogP contribution >= 0.6 is 0 Å². The molecule has 0 spiro atoms. The number of aliphatic carboxylic acids is 1. The van der Waals surface area contributed by atoms with Crippen molar-refractivity contribution in [2.45, 2.75) is 38.2 Å². The number of anilines is 1. The Kier molecular flexibility index (Phi) is 3.85. The van der Waals surface area contributed by atoms with Gasteiger partial charge in [0.25, 0.3) is 0 Å². The first-order valence-corrected chi connectivity index (χ1v) is 10.1. The van der Waals surface area contributed by atoms with Crippen molar-refractivity contribution in [3.63, 3.8) is 0 Å². The lowest BCUT2D eigenvalue weighted by atomic mass is 9.72. The maximum Gasteiger partial charge on any atom is 0.304 e. The maximum atomic E-state index is 11.9. The van der Waals surface area contributed by atoms with Crippen molar-refractivity contribution in [2.75, 3.05) is 18.9 Å². The second-order valence-electron chi connectivity index (χ2n) is 8.42. The Morgan fingerprint density at radius 1 is 1.31 bits per heavy atom. The van der Waals surface area contributed by atoms with Crippen molar-refractivity contribution in [2.24, 2.45) is 0 Å². The largest absolute Gasteiger partial charge is 0.485 e. The highest BCUT2D eigenvalue weighted by Gasteiger charge is 2.55. The van der Waals surface area contributed by atoms with E-state index in [0.29, 0.717) is 0 Å². The van der Waals surface area contributed by atoms with E-state index in [0.717, 1.165) is 58.1 Å². The van der Waals surface area contributed by atoms with Crippen molar-refractivity contribution in [3.05, 3.63) is 58.7 Å². The highest BCUT2D eigenvalue weighted by atomic mass is 16.5. The summed E-state index contributed by atoms with van der Waals surface area (Å²) in [5, 5.41) is 12.9. The van der Waals surface area contributed by atoms with Crippen LogP contribution in [0.5, 0.6) is 5.75 Å². The minimum absolute atomic E-state index is 0.0515. The molecule has 29 heavy (non-hydrogen) atoms. The van der Waals surface area contributed by atoms with Crippen LogP contribution < -0.4 is 10.1 Å². The molecule has 3 aliphatic rings. The number of carboxylic acids is 1. The van der Waals surface area contributed by atoms with Crippen LogP contribution in [-0.4, -0.2) is 41.1 Å². The first-order chi connectivity index (χ1) is 13.9. The van der Waals surface area contributed by atoms with Gasteiger partial charge in [-0.15, -0.1) is 0 Å². The van der Waals surface area contributed by atoms with Crippen LogP contribution in [0.3, 0.4) is 0 Å². The Balaban J connectivity index is 1.71. The average Bonchev–Trinajstić information content (AvgIpc) is 2.93. The van der Waals surface area contributed by atoms with Crippen molar-refractivity contribution < 1.29 is 19.2 Å². The van der Waals surface area contributed by atoms with E-state index in [2.05, 4.69) is 54.1 Å². The molecule has 0 aliphatic carbocycles. The predicted octanol–water partition coefficient (Wildman–Crippen LogP) is 4.12. The van der Waals surface area contributed by atoms with E-state index in [1.165, 1.54) is 0 Å². The second kappa shape index (κ2) is 6.21. The van der Waals surface area contributed by atoms with Crippen LogP contribution in [0.15, 0.2) is 42.0 Å². The second-order valence-corrected chi connectivity index (χ2v) is 8.42. The molecule has 2 atom stereocenters. The first kappa shape index (κ1) is 18.0. The summed E-state index contributed by atoms with van der Waals surface area (Å²) in [7, 11) is 1.90. The molecule has 2 aromatic rings. The Bertz CT molecular complexity index is 1120. The summed E-state index contributed by atoms with van der Waals surface area (Å²) in [6, 6.07) is 12.5.